The molecule has 4 aliphatic carbocycles. The van der Waals surface area contributed by atoms with Gasteiger partial charge in [-0.05, 0) is 97.3 Å². The predicted molar refractivity (Wildman–Crippen MR) is 172 cm³/mol. The Hall–Kier alpha value is -2.18. The number of carbonyl (C=O) groups is 1. The third kappa shape index (κ3) is 5.72. The molecule has 0 heterocycles. The van der Waals surface area contributed by atoms with Crippen molar-refractivity contribution in [3.8, 4) is 0 Å². The predicted octanol–water partition coefficient (Wildman–Crippen LogP) is 8.74. The highest BCUT2D eigenvalue weighted by Gasteiger charge is 2.62. The number of hydrogen-bond acceptors (Lipinski definition) is 5. The van der Waals surface area contributed by atoms with Crippen LogP contribution in [0, 0.1) is 47.3 Å². The van der Waals surface area contributed by atoms with Crippen LogP contribution in [0.25, 0.3) is 0 Å². The molecule has 2 saturated carbocycles. The van der Waals surface area contributed by atoms with E-state index in [1.807, 2.05) is 6.92 Å². The third-order valence-electron chi connectivity index (χ3n) is 11.9. The van der Waals surface area contributed by atoms with Crippen LogP contribution >= 0.6 is 0 Å². The summed E-state index contributed by atoms with van der Waals surface area (Å²) in [5, 5.41) is 0. The molecule has 236 valence electrons. The largest absolute Gasteiger partial charge is 0.458 e. The van der Waals surface area contributed by atoms with Gasteiger partial charge in [-0.1, -0.05) is 83.5 Å². The van der Waals surface area contributed by atoms with E-state index in [0.717, 1.165) is 12.0 Å². The van der Waals surface area contributed by atoms with E-state index in [1.54, 1.807) is 24.3 Å². The fraction of sp³-hybridized carbons (Fsp3) is 0.649. The fourth-order valence-corrected chi connectivity index (χ4v) is 9.99. The SMILES string of the molecule is CC(=O)O[C@@]12CC=C3C(=CCC4(C)C3CCC4[C@H](C)/C=C/[C@H](C)C(C)C)C1(C)CCC(OS(=O)(=O)c1ccc(C)cc1)C2. The first-order valence-electron chi connectivity index (χ1n) is 16.4. The van der Waals surface area contributed by atoms with E-state index in [-0.39, 0.29) is 16.3 Å². The molecule has 0 N–H and O–H groups in total. The molecule has 5 nitrogen and oxygen atoms in total. The summed E-state index contributed by atoms with van der Waals surface area (Å²) in [7, 11) is -3.94. The molecule has 0 aliphatic heterocycles. The Bertz CT molecular complexity index is 1420. The quantitative estimate of drug-likeness (QED) is 0.168. The number of rotatable bonds is 8. The first kappa shape index (κ1) is 32.2. The van der Waals surface area contributed by atoms with Gasteiger partial charge in [0.1, 0.15) is 5.60 Å². The van der Waals surface area contributed by atoms with Gasteiger partial charge >= 0.3 is 5.97 Å². The van der Waals surface area contributed by atoms with Crippen LogP contribution in [0.3, 0.4) is 0 Å². The molecule has 1 aromatic rings. The van der Waals surface area contributed by atoms with Gasteiger partial charge in [-0.2, -0.15) is 8.42 Å². The highest BCUT2D eigenvalue weighted by atomic mass is 32.2. The number of carbonyl (C=O) groups excluding carboxylic acids is 1. The maximum Gasteiger partial charge on any atom is 0.303 e. The number of hydrogen-bond donors (Lipinski definition) is 0. The summed E-state index contributed by atoms with van der Waals surface area (Å²) in [6, 6.07) is 6.74. The first-order valence-corrected chi connectivity index (χ1v) is 17.8. The van der Waals surface area contributed by atoms with Gasteiger partial charge in [0.05, 0.1) is 11.0 Å². The zero-order chi connectivity index (χ0) is 31.4. The Morgan fingerprint density at radius 3 is 2.33 bits per heavy atom. The van der Waals surface area contributed by atoms with Crippen molar-refractivity contribution in [1.29, 1.82) is 0 Å². The molecule has 1 aromatic carbocycles. The Morgan fingerprint density at radius 2 is 1.67 bits per heavy atom. The topological polar surface area (TPSA) is 69.7 Å². The third-order valence-corrected chi connectivity index (χ3v) is 13.3. The van der Waals surface area contributed by atoms with Crippen LogP contribution in [-0.4, -0.2) is 26.1 Å². The number of benzene rings is 1. The molecule has 0 bridgehead atoms. The smallest absolute Gasteiger partial charge is 0.303 e. The highest BCUT2D eigenvalue weighted by Crippen LogP contribution is 2.66. The number of aryl methyl sites for hydroxylation is 1. The fourth-order valence-electron chi connectivity index (χ4n) is 8.89. The second-order valence-electron chi connectivity index (χ2n) is 14.9. The minimum absolute atomic E-state index is 0.159. The minimum atomic E-state index is -3.94. The minimum Gasteiger partial charge on any atom is -0.458 e. The van der Waals surface area contributed by atoms with Crippen molar-refractivity contribution in [1.82, 2.24) is 0 Å². The van der Waals surface area contributed by atoms with Gasteiger partial charge in [-0.3, -0.25) is 8.98 Å². The van der Waals surface area contributed by atoms with E-state index in [4.69, 9.17) is 8.92 Å². The molecule has 5 unspecified atom stereocenters. The normalized spacial score (nSPS) is 35.4. The molecule has 0 aromatic heterocycles. The van der Waals surface area contributed by atoms with E-state index < -0.39 is 27.2 Å². The lowest BCUT2D eigenvalue weighted by atomic mass is 9.50. The lowest BCUT2D eigenvalue weighted by Crippen LogP contribution is -2.58. The van der Waals surface area contributed by atoms with E-state index in [1.165, 1.54) is 30.9 Å². The standard InChI is InChI=1S/C37H52O5S/c1-24(2)26(4)11-12-27(5)32-15-16-33-31-18-22-37(41-28(6)38)23-29(42-43(39,40)30-13-9-25(3)10-14-30)17-21-36(37,8)34(31)19-20-35(32,33)7/h9-14,18-19,24,26-27,29,32-33H,15-17,20-23H2,1-8H3/b12-11+/t26-,27+,29?,32?,33?,35?,36?,37+/m0/s1. The maximum atomic E-state index is 13.2. The van der Waals surface area contributed by atoms with Crippen LogP contribution in [0.4, 0.5) is 0 Å². The van der Waals surface area contributed by atoms with Crippen molar-refractivity contribution in [3.63, 3.8) is 0 Å². The summed E-state index contributed by atoms with van der Waals surface area (Å²) in [5.74, 6) is 2.52. The molecule has 0 radical (unpaired) electrons. The first-order chi connectivity index (χ1) is 20.1. The average Bonchev–Trinajstić information content (AvgIpc) is 3.29. The lowest BCUT2D eigenvalue weighted by molar-refractivity contribution is -0.184. The Kier molecular flexibility index (Phi) is 8.72. The van der Waals surface area contributed by atoms with E-state index in [0.29, 0.717) is 55.3 Å². The van der Waals surface area contributed by atoms with Gasteiger partial charge < -0.3 is 4.74 Å². The number of ether oxygens (including phenoxy) is 1. The van der Waals surface area contributed by atoms with Crippen LogP contribution in [-0.2, 0) is 23.8 Å². The Labute approximate surface area is 260 Å². The van der Waals surface area contributed by atoms with Crippen LogP contribution in [0.5, 0.6) is 0 Å². The van der Waals surface area contributed by atoms with Gasteiger partial charge in [0.2, 0.25) is 0 Å². The molecule has 2 fully saturated rings. The van der Waals surface area contributed by atoms with Gasteiger partial charge in [-0.15, -0.1) is 0 Å². The van der Waals surface area contributed by atoms with E-state index in [2.05, 4.69) is 65.8 Å². The number of allylic oxidation sites excluding steroid dienone is 4. The molecular weight excluding hydrogens is 556 g/mol. The van der Waals surface area contributed by atoms with Crippen LogP contribution in [0.2, 0.25) is 0 Å². The second kappa shape index (κ2) is 11.6. The summed E-state index contributed by atoms with van der Waals surface area (Å²) in [6.07, 6.45) is 14.8. The lowest BCUT2D eigenvalue weighted by Gasteiger charge is -2.58. The summed E-state index contributed by atoms with van der Waals surface area (Å²) in [5.41, 5.74) is 2.71. The summed E-state index contributed by atoms with van der Waals surface area (Å²) in [6.45, 7) is 17.4. The van der Waals surface area contributed by atoms with Crippen molar-refractivity contribution >= 4 is 16.1 Å². The van der Waals surface area contributed by atoms with E-state index >= 15 is 0 Å². The van der Waals surface area contributed by atoms with Gasteiger partial charge in [0.25, 0.3) is 10.1 Å². The van der Waals surface area contributed by atoms with Crippen molar-refractivity contribution < 1.29 is 22.1 Å². The molecule has 5 rings (SSSR count). The molecule has 8 atom stereocenters. The average molecular weight is 609 g/mol. The van der Waals surface area contributed by atoms with Crippen LogP contribution < -0.4 is 0 Å². The molecule has 0 amide bonds. The van der Waals surface area contributed by atoms with E-state index in [9.17, 15) is 13.2 Å². The molecule has 4 aliphatic rings. The summed E-state index contributed by atoms with van der Waals surface area (Å²) in [4.78, 5) is 12.7. The van der Waals surface area contributed by atoms with Crippen LogP contribution in [0.1, 0.15) is 99.0 Å². The van der Waals surface area contributed by atoms with Gasteiger partial charge in [-0.25, -0.2) is 0 Å². The number of fused-ring (bicyclic) bond motifs is 5. The van der Waals surface area contributed by atoms with Gasteiger partial charge in [0, 0.05) is 25.2 Å². The molecule has 0 saturated heterocycles. The molecule has 43 heavy (non-hydrogen) atoms. The molecular formula is C37H52O5S. The van der Waals surface area contributed by atoms with Crippen molar-refractivity contribution in [3.05, 3.63) is 65.3 Å². The highest BCUT2D eigenvalue weighted by molar-refractivity contribution is 7.86. The summed E-state index contributed by atoms with van der Waals surface area (Å²) >= 11 is 0. The summed E-state index contributed by atoms with van der Waals surface area (Å²) < 4.78 is 38.5. The Balaban J connectivity index is 1.42. The maximum absolute atomic E-state index is 13.2. The zero-order valence-electron chi connectivity index (χ0n) is 27.5. The monoisotopic (exact) mass is 608 g/mol. The Morgan fingerprint density at radius 1 is 0.977 bits per heavy atom. The van der Waals surface area contributed by atoms with Crippen LogP contribution in [0.15, 0.2) is 64.6 Å². The molecule has 6 heteroatoms. The van der Waals surface area contributed by atoms with Crippen molar-refractivity contribution in [2.45, 2.75) is 117 Å². The zero-order valence-corrected chi connectivity index (χ0v) is 28.3. The van der Waals surface area contributed by atoms with Crippen molar-refractivity contribution in [2.24, 2.45) is 40.4 Å². The molecule has 0 spiro atoms. The van der Waals surface area contributed by atoms with Crippen molar-refractivity contribution in [2.75, 3.05) is 0 Å². The second-order valence-corrected chi connectivity index (χ2v) is 16.5. The number of esters is 1. The van der Waals surface area contributed by atoms with Gasteiger partial charge in [0.15, 0.2) is 0 Å².